The lowest BCUT2D eigenvalue weighted by atomic mass is 9.82. The molecule has 1 aromatic carbocycles. The van der Waals surface area contributed by atoms with Gasteiger partial charge in [-0.05, 0) is 18.1 Å². The largest absolute Gasteiger partial charge is 0.368 e. The van der Waals surface area contributed by atoms with Gasteiger partial charge >= 0.3 is 6.03 Å². The number of urea groups is 1. The number of carbonyl (C=O) groups excluding carboxylic acids is 2. The molecule has 128 valence electrons. The van der Waals surface area contributed by atoms with Crippen molar-refractivity contribution in [2.24, 2.45) is 5.73 Å². The standard InChI is InChI=1S/C17H23N5O2/c1-12-6-4-5-7-14(12)17(2,3)11-19-16(24)21-13-8-20-22(9-13)10-15(18)23/h4-9H,10-11H2,1-3H3,(H2,18,23)(H2,19,21,24). The second kappa shape index (κ2) is 7.16. The van der Waals surface area contributed by atoms with Gasteiger partial charge in [-0.25, -0.2) is 4.79 Å². The van der Waals surface area contributed by atoms with Crippen molar-refractivity contribution in [3.63, 3.8) is 0 Å². The quantitative estimate of drug-likeness (QED) is 0.752. The van der Waals surface area contributed by atoms with Gasteiger partial charge in [-0.15, -0.1) is 0 Å². The number of aryl methyl sites for hydroxylation is 1. The summed E-state index contributed by atoms with van der Waals surface area (Å²) in [5.41, 5.74) is 7.79. The summed E-state index contributed by atoms with van der Waals surface area (Å²) >= 11 is 0. The van der Waals surface area contributed by atoms with Crippen molar-refractivity contribution < 1.29 is 9.59 Å². The molecular formula is C17H23N5O2. The Morgan fingerprint density at radius 2 is 2.00 bits per heavy atom. The summed E-state index contributed by atoms with van der Waals surface area (Å²) in [6.45, 7) is 6.69. The molecule has 0 spiro atoms. The van der Waals surface area contributed by atoms with E-state index in [9.17, 15) is 9.59 Å². The highest BCUT2D eigenvalue weighted by Crippen LogP contribution is 2.25. The van der Waals surface area contributed by atoms with Gasteiger partial charge in [0.15, 0.2) is 0 Å². The molecule has 4 N–H and O–H groups in total. The zero-order chi connectivity index (χ0) is 17.7. The number of carbonyl (C=O) groups is 2. The molecule has 0 fully saturated rings. The van der Waals surface area contributed by atoms with Gasteiger partial charge in [0.1, 0.15) is 6.54 Å². The van der Waals surface area contributed by atoms with Crippen molar-refractivity contribution in [2.75, 3.05) is 11.9 Å². The summed E-state index contributed by atoms with van der Waals surface area (Å²) in [6.07, 6.45) is 3.02. The van der Waals surface area contributed by atoms with Gasteiger partial charge in [0.2, 0.25) is 5.91 Å². The van der Waals surface area contributed by atoms with Crippen molar-refractivity contribution in [3.05, 3.63) is 47.8 Å². The molecule has 24 heavy (non-hydrogen) atoms. The average Bonchev–Trinajstić information content (AvgIpc) is 2.92. The van der Waals surface area contributed by atoms with Crippen molar-refractivity contribution in [1.29, 1.82) is 0 Å². The van der Waals surface area contributed by atoms with E-state index in [0.717, 1.165) is 0 Å². The highest BCUT2D eigenvalue weighted by molar-refractivity contribution is 5.89. The lowest BCUT2D eigenvalue weighted by Crippen LogP contribution is -2.39. The third kappa shape index (κ3) is 4.58. The third-order valence-electron chi connectivity index (χ3n) is 3.77. The van der Waals surface area contributed by atoms with Crippen molar-refractivity contribution in [2.45, 2.75) is 32.7 Å². The van der Waals surface area contributed by atoms with E-state index in [-0.39, 0.29) is 18.0 Å². The average molecular weight is 329 g/mol. The summed E-state index contributed by atoms with van der Waals surface area (Å²) < 4.78 is 1.37. The lowest BCUT2D eigenvalue weighted by Gasteiger charge is -2.27. The molecule has 0 aliphatic rings. The van der Waals surface area contributed by atoms with Crippen LogP contribution in [0.3, 0.4) is 0 Å². The second-order valence-corrected chi connectivity index (χ2v) is 6.40. The number of primary amides is 1. The lowest BCUT2D eigenvalue weighted by molar-refractivity contribution is -0.118. The Kier molecular flexibility index (Phi) is 5.23. The molecule has 0 bridgehead atoms. The Balaban J connectivity index is 1.92. The number of nitrogens with one attached hydrogen (secondary N) is 2. The molecular weight excluding hydrogens is 306 g/mol. The number of anilines is 1. The van der Waals surface area contributed by atoms with Gasteiger partial charge in [0.25, 0.3) is 0 Å². The minimum absolute atomic E-state index is 0.0242. The highest BCUT2D eigenvalue weighted by Gasteiger charge is 2.23. The Labute approximate surface area is 141 Å². The Hall–Kier alpha value is -2.83. The minimum atomic E-state index is -0.492. The molecule has 1 aromatic heterocycles. The first kappa shape index (κ1) is 17.5. The van der Waals surface area contributed by atoms with Crippen LogP contribution in [0.1, 0.15) is 25.0 Å². The van der Waals surface area contributed by atoms with E-state index in [4.69, 9.17) is 5.73 Å². The van der Waals surface area contributed by atoms with Gasteiger partial charge in [-0.1, -0.05) is 38.1 Å². The fraction of sp³-hybridized carbons (Fsp3) is 0.353. The van der Waals surface area contributed by atoms with Crippen LogP contribution in [0.15, 0.2) is 36.7 Å². The Morgan fingerprint density at radius 1 is 1.29 bits per heavy atom. The van der Waals surface area contributed by atoms with Crippen LogP contribution in [-0.2, 0) is 16.8 Å². The summed E-state index contributed by atoms with van der Waals surface area (Å²) in [5.74, 6) is -0.492. The number of hydrogen-bond acceptors (Lipinski definition) is 3. The van der Waals surface area contributed by atoms with Gasteiger partial charge < -0.3 is 16.4 Å². The van der Waals surface area contributed by atoms with Crippen LogP contribution >= 0.6 is 0 Å². The van der Waals surface area contributed by atoms with E-state index < -0.39 is 5.91 Å². The molecule has 0 aliphatic carbocycles. The monoisotopic (exact) mass is 329 g/mol. The van der Waals surface area contributed by atoms with E-state index in [1.165, 1.54) is 22.0 Å². The van der Waals surface area contributed by atoms with E-state index >= 15 is 0 Å². The summed E-state index contributed by atoms with van der Waals surface area (Å²) in [5, 5.41) is 9.51. The number of amides is 3. The van der Waals surface area contributed by atoms with Crippen LogP contribution < -0.4 is 16.4 Å². The fourth-order valence-corrected chi connectivity index (χ4v) is 2.58. The molecule has 7 heteroatoms. The maximum Gasteiger partial charge on any atom is 0.319 e. The van der Waals surface area contributed by atoms with Crippen LogP contribution in [-0.4, -0.2) is 28.3 Å². The second-order valence-electron chi connectivity index (χ2n) is 6.40. The van der Waals surface area contributed by atoms with Gasteiger partial charge in [0, 0.05) is 18.2 Å². The predicted octanol–water partition coefficient (Wildman–Crippen LogP) is 1.78. The predicted molar refractivity (Wildman–Crippen MR) is 92.6 cm³/mol. The summed E-state index contributed by atoms with van der Waals surface area (Å²) in [7, 11) is 0. The number of rotatable bonds is 6. The van der Waals surface area contributed by atoms with Crippen LogP contribution in [0, 0.1) is 6.92 Å². The molecule has 7 nitrogen and oxygen atoms in total. The van der Waals surface area contributed by atoms with E-state index in [2.05, 4.69) is 48.6 Å². The first-order valence-corrected chi connectivity index (χ1v) is 7.69. The smallest absolute Gasteiger partial charge is 0.319 e. The van der Waals surface area contributed by atoms with Crippen molar-refractivity contribution in [1.82, 2.24) is 15.1 Å². The van der Waals surface area contributed by atoms with Gasteiger partial charge in [-0.3, -0.25) is 9.48 Å². The Bertz CT molecular complexity index is 736. The van der Waals surface area contributed by atoms with Gasteiger partial charge in [-0.2, -0.15) is 5.10 Å². The zero-order valence-electron chi connectivity index (χ0n) is 14.2. The molecule has 0 aliphatic heterocycles. The van der Waals surface area contributed by atoms with Crippen LogP contribution in [0.25, 0.3) is 0 Å². The van der Waals surface area contributed by atoms with Gasteiger partial charge in [0.05, 0.1) is 11.9 Å². The molecule has 0 radical (unpaired) electrons. The van der Waals surface area contributed by atoms with E-state index in [1.807, 2.05) is 12.1 Å². The number of benzene rings is 1. The Morgan fingerprint density at radius 3 is 2.67 bits per heavy atom. The van der Waals surface area contributed by atoms with Crippen LogP contribution in [0.5, 0.6) is 0 Å². The number of aromatic nitrogens is 2. The molecule has 0 saturated heterocycles. The summed E-state index contributed by atoms with van der Waals surface area (Å²) in [4.78, 5) is 22.9. The molecule has 2 rings (SSSR count). The number of nitrogens with zero attached hydrogens (tertiary/aromatic N) is 2. The van der Waals surface area contributed by atoms with E-state index in [0.29, 0.717) is 12.2 Å². The first-order valence-electron chi connectivity index (χ1n) is 7.69. The topological polar surface area (TPSA) is 102 Å². The first-order chi connectivity index (χ1) is 11.3. The van der Waals surface area contributed by atoms with Crippen molar-refractivity contribution >= 4 is 17.6 Å². The molecule has 1 heterocycles. The third-order valence-corrected chi connectivity index (χ3v) is 3.77. The highest BCUT2D eigenvalue weighted by atomic mass is 16.2. The minimum Gasteiger partial charge on any atom is -0.368 e. The van der Waals surface area contributed by atoms with Crippen molar-refractivity contribution in [3.8, 4) is 0 Å². The number of hydrogen-bond donors (Lipinski definition) is 3. The zero-order valence-corrected chi connectivity index (χ0v) is 14.2. The summed E-state index contributed by atoms with van der Waals surface area (Å²) in [6, 6.07) is 7.80. The maximum absolute atomic E-state index is 12.1. The SMILES string of the molecule is Cc1ccccc1C(C)(C)CNC(=O)Nc1cnn(CC(N)=O)c1. The maximum atomic E-state index is 12.1. The molecule has 0 unspecified atom stereocenters. The fourth-order valence-electron chi connectivity index (χ4n) is 2.58. The molecule has 3 amide bonds. The number of nitrogens with two attached hydrogens (primary N) is 1. The molecule has 0 atom stereocenters. The molecule has 2 aromatic rings. The van der Waals surface area contributed by atoms with Crippen LogP contribution in [0.2, 0.25) is 0 Å². The molecule has 0 saturated carbocycles. The van der Waals surface area contributed by atoms with E-state index in [1.54, 1.807) is 6.20 Å². The normalized spacial score (nSPS) is 11.1. The van der Waals surface area contributed by atoms with Crippen LogP contribution in [0.4, 0.5) is 10.5 Å².